The van der Waals surface area contributed by atoms with Gasteiger partial charge in [-0.25, -0.2) is 0 Å². The molecular formula is C22H12N4O2. The van der Waals surface area contributed by atoms with Gasteiger partial charge in [0.25, 0.3) is 0 Å². The first-order chi connectivity index (χ1) is 13.8. The molecule has 6 nitrogen and oxygen atoms in total. The van der Waals surface area contributed by atoms with Crippen molar-refractivity contribution in [2.75, 3.05) is 0 Å². The molecule has 0 saturated carbocycles. The summed E-state index contributed by atoms with van der Waals surface area (Å²) in [5, 5.41) is 0. The van der Waals surface area contributed by atoms with Gasteiger partial charge in [-0.2, -0.15) is 0 Å². The quantitative estimate of drug-likeness (QED) is 0.411. The second kappa shape index (κ2) is 6.28. The number of nitrogens with zero attached hydrogens (tertiary/aromatic N) is 4. The average molecular weight is 364 g/mol. The molecule has 2 aliphatic carbocycles. The van der Waals surface area contributed by atoms with Gasteiger partial charge in [0.2, 0.25) is 0 Å². The Labute approximate surface area is 160 Å². The molecule has 0 N–H and O–H groups in total. The fourth-order valence-electron chi connectivity index (χ4n) is 3.40. The molecule has 4 aromatic rings. The van der Waals surface area contributed by atoms with Gasteiger partial charge in [0.1, 0.15) is 22.8 Å². The molecule has 0 amide bonds. The Morgan fingerprint density at radius 1 is 0.429 bits per heavy atom. The van der Waals surface area contributed by atoms with Crippen LogP contribution in [0.2, 0.25) is 0 Å². The molecular weight excluding hydrogens is 352 g/mol. The van der Waals surface area contributed by atoms with Gasteiger partial charge in [-0.15, -0.1) is 0 Å². The molecule has 28 heavy (non-hydrogen) atoms. The lowest BCUT2D eigenvalue weighted by atomic mass is 10.1. The number of hydrogen-bond acceptors (Lipinski definition) is 6. The van der Waals surface area contributed by atoms with Crippen LogP contribution in [0.25, 0.3) is 22.8 Å². The summed E-state index contributed by atoms with van der Waals surface area (Å²) in [7, 11) is 0. The van der Waals surface area contributed by atoms with E-state index in [4.69, 9.17) is 0 Å². The van der Waals surface area contributed by atoms with E-state index in [0.717, 1.165) is 0 Å². The van der Waals surface area contributed by atoms with Crippen molar-refractivity contribution in [3.05, 3.63) is 95.6 Å². The smallest absolute Gasteiger partial charge is 0.197 e. The van der Waals surface area contributed by atoms with Gasteiger partial charge in [0.05, 0.1) is 22.3 Å². The molecule has 2 aliphatic rings. The summed E-state index contributed by atoms with van der Waals surface area (Å²) in [5.74, 6) is 0.0485. The highest BCUT2D eigenvalue weighted by molar-refractivity contribution is 6.20. The van der Waals surface area contributed by atoms with Crippen molar-refractivity contribution in [3.63, 3.8) is 0 Å². The maximum absolute atomic E-state index is 11.8. The van der Waals surface area contributed by atoms with Crippen LogP contribution in [-0.2, 0) is 0 Å². The molecule has 0 fully saturated rings. The molecule has 0 radical (unpaired) electrons. The lowest BCUT2D eigenvalue weighted by Crippen LogP contribution is -1.94. The van der Waals surface area contributed by atoms with Crippen molar-refractivity contribution in [2.45, 2.75) is 0 Å². The third-order valence-corrected chi connectivity index (χ3v) is 4.66. The molecule has 0 unspecified atom stereocenters. The summed E-state index contributed by atoms with van der Waals surface area (Å²) in [5.41, 5.74) is 5.42. The minimum atomic E-state index is 0.0243. The monoisotopic (exact) mass is 364 g/mol. The molecule has 6 rings (SSSR count). The lowest BCUT2D eigenvalue weighted by molar-refractivity contribution is 0.103. The normalized spacial score (nSPS) is 12.4. The number of fused-ring (bicyclic) bond motifs is 6. The summed E-state index contributed by atoms with van der Waals surface area (Å²) < 4.78 is 0. The summed E-state index contributed by atoms with van der Waals surface area (Å²) >= 11 is 0. The summed E-state index contributed by atoms with van der Waals surface area (Å²) in [6.07, 6.45) is 6.71. The van der Waals surface area contributed by atoms with Crippen LogP contribution in [0.4, 0.5) is 0 Å². The van der Waals surface area contributed by atoms with Gasteiger partial charge < -0.3 is 0 Å². The van der Waals surface area contributed by atoms with E-state index in [2.05, 4.69) is 19.9 Å². The van der Waals surface area contributed by atoms with Gasteiger partial charge in [-0.3, -0.25) is 29.5 Å². The van der Waals surface area contributed by atoms with Crippen LogP contribution >= 0.6 is 0 Å². The van der Waals surface area contributed by atoms with Gasteiger partial charge in [-0.05, 0) is 48.5 Å². The Morgan fingerprint density at radius 3 is 0.929 bits per heavy atom. The van der Waals surface area contributed by atoms with Crippen molar-refractivity contribution in [3.8, 4) is 22.8 Å². The standard InChI is InChI=1S/2C11H6N2O/c2*14-11-7-3-1-5-12-9(7)10-8(11)4-2-6-13-10/h2*1-6H. The van der Waals surface area contributed by atoms with Crippen LogP contribution in [0.15, 0.2) is 73.3 Å². The molecule has 6 heteroatoms. The van der Waals surface area contributed by atoms with Crippen molar-refractivity contribution in [2.24, 2.45) is 0 Å². The Balaban J connectivity index is 0.000000122. The first-order valence-corrected chi connectivity index (χ1v) is 8.66. The molecule has 4 aromatic heterocycles. The predicted octanol–water partition coefficient (Wildman–Crippen LogP) is 3.38. The highest BCUT2D eigenvalue weighted by Crippen LogP contribution is 2.33. The molecule has 4 heterocycles. The molecule has 0 aliphatic heterocycles. The predicted molar refractivity (Wildman–Crippen MR) is 102 cm³/mol. The van der Waals surface area contributed by atoms with E-state index in [0.29, 0.717) is 45.0 Å². The SMILES string of the molecule is O=C1c2cccnc2-c2ncccc21.O=C1c2cccnc2-c2ncccc21. The Hall–Kier alpha value is -4.06. The topological polar surface area (TPSA) is 85.7 Å². The van der Waals surface area contributed by atoms with Crippen molar-refractivity contribution < 1.29 is 9.59 Å². The number of aromatic nitrogens is 4. The van der Waals surface area contributed by atoms with E-state index in [9.17, 15) is 9.59 Å². The zero-order chi connectivity index (χ0) is 19.1. The van der Waals surface area contributed by atoms with Crippen LogP contribution in [0.1, 0.15) is 31.8 Å². The fourth-order valence-corrected chi connectivity index (χ4v) is 3.40. The van der Waals surface area contributed by atoms with Gasteiger partial charge in [0.15, 0.2) is 11.6 Å². The molecule has 0 bridgehead atoms. The maximum atomic E-state index is 11.8. The molecule has 0 atom stereocenters. The minimum Gasteiger partial charge on any atom is -0.288 e. The molecule has 0 aromatic carbocycles. The zero-order valence-corrected chi connectivity index (χ0v) is 14.5. The number of ketones is 2. The van der Waals surface area contributed by atoms with E-state index in [-0.39, 0.29) is 11.6 Å². The second-order valence-corrected chi connectivity index (χ2v) is 6.26. The maximum Gasteiger partial charge on any atom is 0.197 e. The Morgan fingerprint density at radius 2 is 0.679 bits per heavy atom. The van der Waals surface area contributed by atoms with Crippen LogP contribution in [0.3, 0.4) is 0 Å². The first kappa shape index (κ1) is 16.1. The van der Waals surface area contributed by atoms with Gasteiger partial charge in [-0.1, -0.05) is 0 Å². The first-order valence-electron chi connectivity index (χ1n) is 8.66. The highest BCUT2D eigenvalue weighted by atomic mass is 16.1. The minimum absolute atomic E-state index is 0.0243. The Kier molecular flexibility index (Phi) is 3.62. The van der Waals surface area contributed by atoms with Gasteiger partial charge in [0, 0.05) is 24.8 Å². The number of pyridine rings is 4. The Bertz CT molecular complexity index is 1070. The van der Waals surface area contributed by atoms with Crippen molar-refractivity contribution >= 4 is 11.6 Å². The van der Waals surface area contributed by atoms with Crippen LogP contribution < -0.4 is 0 Å². The largest absolute Gasteiger partial charge is 0.288 e. The van der Waals surface area contributed by atoms with Crippen molar-refractivity contribution in [1.82, 2.24) is 19.9 Å². The molecule has 132 valence electrons. The molecule has 0 spiro atoms. The van der Waals surface area contributed by atoms with Gasteiger partial charge >= 0.3 is 0 Å². The summed E-state index contributed by atoms with van der Waals surface area (Å²) in [4.78, 5) is 40.3. The second-order valence-electron chi connectivity index (χ2n) is 6.26. The number of hydrogen-bond donors (Lipinski definition) is 0. The third-order valence-electron chi connectivity index (χ3n) is 4.66. The van der Waals surface area contributed by atoms with E-state index in [1.807, 2.05) is 0 Å². The lowest BCUT2D eigenvalue weighted by Gasteiger charge is -1.94. The van der Waals surface area contributed by atoms with E-state index in [1.54, 1.807) is 73.3 Å². The summed E-state index contributed by atoms with van der Waals surface area (Å²) in [6, 6.07) is 14.2. The van der Waals surface area contributed by atoms with Crippen LogP contribution in [0, 0.1) is 0 Å². The fraction of sp³-hybridized carbons (Fsp3) is 0. The summed E-state index contributed by atoms with van der Waals surface area (Å²) in [6.45, 7) is 0. The van der Waals surface area contributed by atoms with E-state index < -0.39 is 0 Å². The van der Waals surface area contributed by atoms with Crippen LogP contribution in [0.5, 0.6) is 0 Å². The van der Waals surface area contributed by atoms with Crippen LogP contribution in [-0.4, -0.2) is 31.5 Å². The molecule has 0 saturated heterocycles. The number of carbonyl (C=O) groups excluding carboxylic acids is 2. The third kappa shape index (κ3) is 2.35. The number of rotatable bonds is 0. The van der Waals surface area contributed by atoms with E-state index >= 15 is 0 Å². The average Bonchev–Trinajstić information content (AvgIpc) is 3.22. The highest BCUT2D eigenvalue weighted by Gasteiger charge is 2.28. The zero-order valence-electron chi connectivity index (χ0n) is 14.5. The van der Waals surface area contributed by atoms with Crippen molar-refractivity contribution in [1.29, 1.82) is 0 Å². The number of carbonyl (C=O) groups is 2. The van der Waals surface area contributed by atoms with E-state index in [1.165, 1.54) is 0 Å².